The summed E-state index contributed by atoms with van der Waals surface area (Å²) < 4.78 is 0. The van der Waals surface area contributed by atoms with Gasteiger partial charge in [0.25, 0.3) is 0 Å². The van der Waals surface area contributed by atoms with Gasteiger partial charge in [0, 0.05) is 13.0 Å². The zero-order chi connectivity index (χ0) is 10.6. The van der Waals surface area contributed by atoms with Crippen molar-refractivity contribution in [1.29, 1.82) is 5.26 Å². The summed E-state index contributed by atoms with van der Waals surface area (Å²) in [4.78, 5) is 0. The van der Waals surface area contributed by atoms with E-state index in [0.29, 0.717) is 5.41 Å². The lowest BCUT2D eigenvalue weighted by molar-refractivity contribution is 0.468. The molecule has 0 aromatic carbocycles. The average molecular weight is 204 g/mol. The van der Waals surface area contributed by atoms with Crippen LogP contribution in [0, 0.1) is 16.7 Å². The van der Waals surface area contributed by atoms with Crippen molar-refractivity contribution >= 4 is 0 Å². The Bertz CT molecular complexity index is 281. The van der Waals surface area contributed by atoms with Crippen LogP contribution in [0.2, 0.25) is 0 Å². The molecule has 0 heterocycles. The van der Waals surface area contributed by atoms with Crippen molar-refractivity contribution in [3.05, 3.63) is 11.6 Å². The molecule has 0 radical (unpaired) electrons. The number of rotatable bonds is 6. The summed E-state index contributed by atoms with van der Waals surface area (Å²) in [5.41, 5.74) is 1.99. The molecule has 0 bridgehead atoms. The van der Waals surface area contributed by atoms with E-state index in [1.807, 2.05) is 0 Å². The highest BCUT2D eigenvalue weighted by Crippen LogP contribution is 2.47. The van der Waals surface area contributed by atoms with Crippen LogP contribution < -0.4 is 5.32 Å². The number of hydrogen-bond acceptors (Lipinski definition) is 2. The monoisotopic (exact) mass is 204 g/mol. The molecule has 0 atom stereocenters. The molecule has 2 rings (SSSR count). The van der Waals surface area contributed by atoms with Crippen LogP contribution in [0.15, 0.2) is 11.6 Å². The van der Waals surface area contributed by atoms with Crippen LogP contribution in [0.1, 0.15) is 44.9 Å². The zero-order valence-electron chi connectivity index (χ0n) is 9.39. The number of nitriles is 1. The number of nitrogens with one attached hydrogen (secondary N) is 1. The molecule has 1 fully saturated rings. The molecule has 0 saturated heterocycles. The molecule has 15 heavy (non-hydrogen) atoms. The van der Waals surface area contributed by atoms with Crippen molar-refractivity contribution in [3.63, 3.8) is 0 Å². The first-order valence-electron chi connectivity index (χ1n) is 6.10. The van der Waals surface area contributed by atoms with E-state index in [9.17, 15) is 0 Å². The summed E-state index contributed by atoms with van der Waals surface area (Å²) in [5.74, 6) is 0. The van der Waals surface area contributed by atoms with Crippen LogP contribution in [0.25, 0.3) is 0 Å². The predicted octanol–water partition coefficient (Wildman–Crippen LogP) is 2.77. The lowest BCUT2D eigenvalue weighted by Crippen LogP contribution is -2.24. The Labute approximate surface area is 92.4 Å². The molecule has 0 unspecified atom stereocenters. The molecule has 2 nitrogen and oxygen atoms in total. The highest BCUT2D eigenvalue weighted by molar-refractivity contribution is 5.07. The summed E-state index contributed by atoms with van der Waals surface area (Å²) in [6, 6.07) is 2.30. The van der Waals surface area contributed by atoms with E-state index in [2.05, 4.69) is 17.5 Å². The first-order valence-corrected chi connectivity index (χ1v) is 6.10. The number of hydrogen-bond donors (Lipinski definition) is 1. The quantitative estimate of drug-likeness (QED) is 0.533. The first-order chi connectivity index (χ1) is 7.35. The smallest absolute Gasteiger partial charge is 0.0628 e. The lowest BCUT2D eigenvalue weighted by Gasteiger charge is -2.12. The fraction of sp³-hybridized carbons (Fsp3) is 0.769. The fourth-order valence-electron chi connectivity index (χ4n) is 2.33. The SMILES string of the molecule is N#CCC1(CNCCC2=CCCC2)CC1. The second-order valence-corrected chi connectivity index (χ2v) is 5.02. The Kier molecular flexibility index (Phi) is 3.43. The minimum Gasteiger partial charge on any atom is -0.316 e. The average Bonchev–Trinajstić information content (AvgIpc) is 2.80. The minimum absolute atomic E-state index is 0.360. The van der Waals surface area contributed by atoms with E-state index in [-0.39, 0.29) is 0 Å². The van der Waals surface area contributed by atoms with Crippen LogP contribution >= 0.6 is 0 Å². The second kappa shape index (κ2) is 4.81. The van der Waals surface area contributed by atoms with Crippen LogP contribution in [0.3, 0.4) is 0 Å². The van der Waals surface area contributed by atoms with Gasteiger partial charge in [-0.3, -0.25) is 0 Å². The van der Waals surface area contributed by atoms with Gasteiger partial charge in [-0.05, 0) is 50.5 Å². The van der Waals surface area contributed by atoms with E-state index >= 15 is 0 Å². The van der Waals surface area contributed by atoms with E-state index in [4.69, 9.17) is 5.26 Å². The molecule has 2 heteroatoms. The van der Waals surface area contributed by atoms with E-state index in [0.717, 1.165) is 19.5 Å². The fourth-order valence-corrected chi connectivity index (χ4v) is 2.33. The van der Waals surface area contributed by atoms with E-state index in [1.165, 1.54) is 38.5 Å². The largest absolute Gasteiger partial charge is 0.316 e. The standard InChI is InChI=1S/C13H20N2/c14-9-8-13(6-7-13)11-15-10-5-12-3-1-2-4-12/h3,15H,1-2,4-8,10-11H2. The van der Waals surface area contributed by atoms with Crippen LogP contribution in [-0.4, -0.2) is 13.1 Å². The van der Waals surface area contributed by atoms with Gasteiger partial charge in [0.05, 0.1) is 6.07 Å². The first kappa shape index (κ1) is 10.7. The van der Waals surface area contributed by atoms with Crippen LogP contribution in [0.5, 0.6) is 0 Å². The van der Waals surface area contributed by atoms with Gasteiger partial charge >= 0.3 is 0 Å². The highest BCUT2D eigenvalue weighted by Gasteiger charge is 2.41. The maximum Gasteiger partial charge on any atom is 0.0628 e. The molecular formula is C13H20N2. The number of allylic oxidation sites excluding steroid dienone is 1. The zero-order valence-corrected chi connectivity index (χ0v) is 9.39. The molecule has 0 amide bonds. The molecule has 1 N–H and O–H groups in total. The van der Waals surface area contributed by atoms with Crippen molar-refractivity contribution in [1.82, 2.24) is 5.32 Å². The van der Waals surface area contributed by atoms with Crippen molar-refractivity contribution < 1.29 is 0 Å². The van der Waals surface area contributed by atoms with Gasteiger partial charge in [-0.25, -0.2) is 0 Å². The molecule has 0 aromatic rings. The van der Waals surface area contributed by atoms with Gasteiger partial charge in [0.15, 0.2) is 0 Å². The molecule has 1 saturated carbocycles. The normalized spacial score (nSPS) is 22.2. The molecule has 0 aromatic heterocycles. The minimum atomic E-state index is 0.360. The predicted molar refractivity (Wildman–Crippen MR) is 61.3 cm³/mol. The summed E-state index contributed by atoms with van der Waals surface area (Å²) in [5, 5.41) is 12.2. The van der Waals surface area contributed by atoms with Gasteiger partial charge in [0.2, 0.25) is 0 Å². The molecule has 0 spiro atoms. The molecule has 0 aliphatic heterocycles. The topological polar surface area (TPSA) is 35.8 Å². The van der Waals surface area contributed by atoms with Gasteiger partial charge in [-0.15, -0.1) is 0 Å². The van der Waals surface area contributed by atoms with Crippen molar-refractivity contribution in [2.24, 2.45) is 5.41 Å². The van der Waals surface area contributed by atoms with Gasteiger partial charge < -0.3 is 5.32 Å². The molecule has 2 aliphatic rings. The Balaban J connectivity index is 1.57. The highest BCUT2D eigenvalue weighted by atomic mass is 14.9. The maximum atomic E-state index is 8.68. The van der Waals surface area contributed by atoms with Gasteiger partial charge in [-0.1, -0.05) is 11.6 Å². The third-order valence-electron chi connectivity index (χ3n) is 3.67. The third kappa shape index (κ3) is 3.07. The van der Waals surface area contributed by atoms with E-state index in [1.54, 1.807) is 5.57 Å². The Morgan fingerprint density at radius 3 is 2.93 bits per heavy atom. The van der Waals surface area contributed by atoms with E-state index < -0.39 is 0 Å². The third-order valence-corrected chi connectivity index (χ3v) is 3.67. The van der Waals surface area contributed by atoms with Crippen molar-refractivity contribution in [2.45, 2.75) is 44.9 Å². The van der Waals surface area contributed by atoms with Crippen LogP contribution in [0.4, 0.5) is 0 Å². The van der Waals surface area contributed by atoms with Crippen LogP contribution in [-0.2, 0) is 0 Å². The summed E-state index contributed by atoms with van der Waals surface area (Å²) in [6.45, 7) is 2.15. The molecule has 2 aliphatic carbocycles. The van der Waals surface area contributed by atoms with Crippen molar-refractivity contribution in [2.75, 3.05) is 13.1 Å². The maximum absolute atomic E-state index is 8.68. The Morgan fingerprint density at radius 2 is 2.33 bits per heavy atom. The summed E-state index contributed by atoms with van der Waals surface area (Å²) in [7, 11) is 0. The number of nitrogens with zero attached hydrogens (tertiary/aromatic N) is 1. The molecule has 82 valence electrons. The lowest BCUT2D eigenvalue weighted by atomic mass is 10.0. The van der Waals surface area contributed by atoms with Gasteiger partial charge in [0.1, 0.15) is 0 Å². The van der Waals surface area contributed by atoms with Gasteiger partial charge in [-0.2, -0.15) is 5.26 Å². The second-order valence-electron chi connectivity index (χ2n) is 5.02. The van der Waals surface area contributed by atoms with Crippen molar-refractivity contribution in [3.8, 4) is 6.07 Å². The Morgan fingerprint density at radius 1 is 1.47 bits per heavy atom. The Hall–Kier alpha value is -0.810. The molecular weight excluding hydrogens is 184 g/mol. The summed E-state index contributed by atoms with van der Waals surface area (Å²) >= 11 is 0. The summed E-state index contributed by atoms with van der Waals surface area (Å²) in [6.07, 6.45) is 10.8.